The molecule has 140 valence electrons. The minimum absolute atomic E-state index is 0.350. The Bertz CT molecular complexity index is 539. The largest absolute Gasteiger partial charge is 0.497 e. The highest BCUT2D eigenvalue weighted by molar-refractivity contribution is 5.79. The summed E-state index contributed by atoms with van der Waals surface area (Å²) in [5, 5.41) is 6.93. The average molecular weight is 348 g/mol. The van der Waals surface area contributed by atoms with Crippen LogP contribution >= 0.6 is 0 Å². The van der Waals surface area contributed by atoms with Gasteiger partial charge in [-0.1, -0.05) is 25.0 Å². The van der Waals surface area contributed by atoms with Crippen molar-refractivity contribution in [1.29, 1.82) is 0 Å². The summed E-state index contributed by atoms with van der Waals surface area (Å²) < 4.78 is 10.9. The van der Waals surface area contributed by atoms with Crippen molar-refractivity contribution in [3.63, 3.8) is 0 Å². The molecule has 0 atom stereocenters. The van der Waals surface area contributed by atoms with Gasteiger partial charge in [-0.05, 0) is 49.3 Å². The molecule has 5 nitrogen and oxygen atoms in total. The molecule has 1 saturated carbocycles. The van der Waals surface area contributed by atoms with E-state index in [2.05, 4.69) is 28.6 Å². The van der Waals surface area contributed by atoms with E-state index in [9.17, 15) is 0 Å². The third-order valence-corrected chi connectivity index (χ3v) is 5.09. The van der Waals surface area contributed by atoms with E-state index in [1.807, 2.05) is 25.2 Å². The van der Waals surface area contributed by atoms with E-state index in [1.54, 1.807) is 7.11 Å². The Morgan fingerprint density at radius 1 is 1.24 bits per heavy atom. The molecule has 0 bridgehead atoms. The van der Waals surface area contributed by atoms with Crippen LogP contribution in [0.4, 0.5) is 0 Å². The Balaban J connectivity index is 1.83. The van der Waals surface area contributed by atoms with Crippen LogP contribution in [0.2, 0.25) is 0 Å². The minimum atomic E-state index is 0.350. The van der Waals surface area contributed by atoms with Gasteiger partial charge in [0.2, 0.25) is 0 Å². The molecule has 0 spiro atoms. The molecule has 0 heterocycles. The molecular formula is C20H33N3O2. The van der Waals surface area contributed by atoms with E-state index >= 15 is 0 Å². The smallest absolute Gasteiger partial charge is 0.191 e. The fraction of sp³-hybridized carbons (Fsp3) is 0.650. The number of nitrogens with one attached hydrogen (secondary N) is 2. The highest BCUT2D eigenvalue weighted by Gasteiger charge is 2.33. The number of methoxy groups -OCH3 is 1. The van der Waals surface area contributed by atoms with Crippen molar-refractivity contribution < 1.29 is 9.47 Å². The van der Waals surface area contributed by atoms with Gasteiger partial charge in [-0.25, -0.2) is 0 Å². The van der Waals surface area contributed by atoms with Crippen LogP contribution in [0.5, 0.6) is 5.75 Å². The van der Waals surface area contributed by atoms with Crippen molar-refractivity contribution in [2.24, 2.45) is 10.4 Å². The lowest BCUT2D eigenvalue weighted by Gasteiger charge is -2.30. The number of ether oxygens (including phenoxy) is 2. The Hall–Kier alpha value is -1.75. The lowest BCUT2D eigenvalue weighted by Crippen LogP contribution is -2.43. The first-order valence-electron chi connectivity index (χ1n) is 9.36. The lowest BCUT2D eigenvalue weighted by atomic mass is 9.83. The van der Waals surface area contributed by atoms with Crippen molar-refractivity contribution in [2.45, 2.75) is 45.6 Å². The first-order chi connectivity index (χ1) is 12.2. The summed E-state index contributed by atoms with van der Waals surface area (Å²) in [7, 11) is 3.51. The number of nitrogens with zero attached hydrogens (tertiary/aromatic N) is 1. The zero-order chi connectivity index (χ0) is 18.0. The number of hydrogen-bond acceptors (Lipinski definition) is 3. The molecule has 1 aliphatic carbocycles. The van der Waals surface area contributed by atoms with Crippen LogP contribution in [0.15, 0.2) is 29.3 Å². The summed E-state index contributed by atoms with van der Waals surface area (Å²) >= 11 is 0. The average Bonchev–Trinajstić information content (AvgIpc) is 3.11. The normalized spacial score (nSPS) is 16.7. The molecule has 0 aliphatic heterocycles. The third-order valence-electron chi connectivity index (χ3n) is 5.09. The zero-order valence-corrected chi connectivity index (χ0v) is 15.9. The molecule has 0 unspecified atom stereocenters. The van der Waals surface area contributed by atoms with Gasteiger partial charge < -0.3 is 20.1 Å². The number of guanidine groups is 1. The van der Waals surface area contributed by atoms with Gasteiger partial charge in [0.05, 0.1) is 7.11 Å². The summed E-state index contributed by atoms with van der Waals surface area (Å²) in [4.78, 5) is 4.37. The summed E-state index contributed by atoms with van der Waals surface area (Å²) in [6, 6.07) is 8.09. The van der Waals surface area contributed by atoms with E-state index in [1.165, 1.54) is 31.2 Å². The molecule has 1 aromatic carbocycles. The van der Waals surface area contributed by atoms with Crippen LogP contribution in [0.1, 0.15) is 44.6 Å². The summed E-state index contributed by atoms with van der Waals surface area (Å²) in [6.07, 6.45) is 6.33. The number of aliphatic imine (C=N–C) groups is 1. The first kappa shape index (κ1) is 19.6. The molecule has 5 heteroatoms. The Morgan fingerprint density at radius 3 is 2.72 bits per heavy atom. The fourth-order valence-electron chi connectivity index (χ4n) is 3.53. The predicted octanol–water partition coefficient (Wildman–Crippen LogP) is 3.35. The van der Waals surface area contributed by atoms with E-state index in [0.717, 1.165) is 44.4 Å². The van der Waals surface area contributed by atoms with Gasteiger partial charge in [0, 0.05) is 33.4 Å². The fourth-order valence-corrected chi connectivity index (χ4v) is 3.53. The van der Waals surface area contributed by atoms with Crippen molar-refractivity contribution in [1.82, 2.24) is 10.6 Å². The van der Waals surface area contributed by atoms with Crippen molar-refractivity contribution in [2.75, 3.05) is 33.9 Å². The van der Waals surface area contributed by atoms with E-state index in [-0.39, 0.29) is 0 Å². The molecule has 0 radical (unpaired) electrons. The summed E-state index contributed by atoms with van der Waals surface area (Å²) in [5.74, 6) is 1.73. The van der Waals surface area contributed by atoms with Gasteiger partial charge in [-0.2, -0.15) is 0 Å². The van der Waals surface area contributed by atoms with Gasteiger partial charge in [-0.15, -0.1) is 0 Å². The number of hydrogen-bond donors (Lipinski definition) is 2. The van der Waals surface area contributed by atoms with E-state index in [4.69, 9.17) is 9.47 Å². The van der Waals surface area contributed by atoms with Gasteiger partial charge in [0.25, 0.3) is 0 Å². The molecule has 25 heavy (non-hydrogen) atoms. The molecule has 2 N–H and O–H groups in total. The quantitative estimate of drug-likeness (QED) is 0.409. The molecule has 1 aromatic rings. The van der Waals surface area contributed by atoms with Crippen LogP contribution in [0, 0.1) is 5.41 Å². The van der Waals surface area contributed by atoms with Gasteiger partial charge >= 0.3 is 0 Å². The molecule has 1 fully saturated rings. The number of rotatable bonds is 9. The van der Waals surface area contributed by atoms with Crippen LogP contribution < -0.4 is 15.4 Å². The maximum absolute atomic E-state index is 5.60. The monoisotopic (exact) mass is 347 g/mol. The molecule has 0 amide bonds. The predicted molar refractivity (Wildman–Crippen MR) is 103 cm³/mol. The van der Waals surface area contributed by atoms with Gasteiger partial charge in [-0.3, -0.25) is 4.99 Å². The van der Waals surface area contributed by atoms with Gasteiger partial charge in [0.1, 0.15) is 5.75 Å². The van der Waals surface area contributed by atoms with E-state index in [0.29, 0.717) is 5.41 Å². The topological polar surface area (TPSA) is 54.9 Å². The second-order valence-corrected chi connectivity index (χ2v) is 6.78. The maximum atomic E-state index is 5.60. The van der Waals surface area contributed by atoms with Crippen LogP contribution in [-0.2, 0) is 11.3 Å². The molecule has 1 aliphatic rings. The first-order valence-corrected chi connectivity index (χ1v) is 9.36. The third kappa shape index (κ3) is 6.24. The molecule has 0 aromatic heterocycles. The summed E-state index contributed by atoms with van der Waals surface area (Å²) in [6.45, 7) is 5.39. The Labute approximate surface area is 152 Å². The van der Waals surface area contributed by atoms with Crippen molar-refractivity contribution in [3.8, 4) is 5.75 Å². The highest BCUT2D eigenvalue weighted by atomic mass is 16.5. The van der Waals surface area contributed by atoms with Crippen LogP contribution in [-0.4, -0.2) is 39.9 Å². The van der Waals surface area contributed by atoms with Crippen LogP contribution in [0.3, 0.4) is 0 Å². The maximum Gasteiger partial charge on any atom is 0.191 e. The molecule has 0 saturated heterocycles. The van der Waals surface area contributed by atoms with E-state index < -0.39 is 0 Å². The standard InChI is InChI=1S/C20H33N3O2/c1-4-25-13-12-20(10-5-6-11-20)16-23-19(21-2)22-15-17-8-7-9-18(14-17)24-3/h7-9,14H,4-6,10-13,15-16H2,1-3H3,(H2,21,22,23). The van der Waals surface area contributed by atoms with Crippen LogP contribution in [0.25, 0.3) is 0 Å². The molecular weight excluding hydrogens is 314 g/mol. The SMILES string of the molecule is CCOCCC1(CNC(=NC)NCc2cccc(OC)c2)CCCC1. The second-order valence-electron chi connectivity index (χ2n) is 6.78. The van der Waals surface area contributed by atoms with Gasteiger partial charge in [0.15, 0.2) is 5.96 Å². The lowest BCUT2D eigenvalue weighted by molar-refractivity contribution is 0.105. The van der Waals surface area contributed by atoms with Crippen molar-refractivity contribution in [3.05, 3.63) is 29.8 Å². The molecule has 2 rings (SSSR count). The zero-order valence-electron chi connectivity index (χ0n) is 15.9. The second kappa shape index (κ2) is 10.3. The Morgan fingerprint density at radius 2 is 2.04 bits per heavy atom. The number of benzene rings is 1. The minimum Gasteiger partial charge on any atom is -0.497 e. The Kier molecular flexibility index (Phi) is 8.06. The summed E-state index contributed by atoms with van der Waals surface area (Å²) in [5.41, 5.74) is 1.53. The van der Waals surface area contributed by atoms with Crippen molar-refractivity contribution >= 4 is 5.96 Å². The highest BCUT2D eigenvalue weighted by Crippen LogP contribution is 2.40.